The van der Waals surface area contributed by atoms with E-state index in [1.807, 2.05) is 36.4 Å². The third-order valence-corrected chi connectivity index (χ3v) is 6.08. The standard InChI is InChI=1S/C23H29ClN4O3/c1-30-22-5-3-2-4-18(22)21-15-25-8-9-28(21)16-23(29)26-17-6-7-20(19(24)14-17)27-10-12-31-13-11-27/h2-7,14,21,25H,8-13,15-16H2,1H3,(H,26,29)/t21-/m0/s1. The van der Waals surface area contributed by atoms with Gasteiger partial charge in [-0.3, -0.25) is 9.69 Å². The molecule has 4 rings (SSSR count). The molecule has 0 bridgehead atoms. The maximum Gasteiger partial charge on any atom is 0.238 e. The van der Waals surface area contributed by atoms with E-state index in [1.165, 1.54) is 0 Å². The van der Waals surface area contributed by atoms with E-state index in [4.69, 9.17) is 21.1 Å². The summed E-state index contributed by atoms with van der Waals surface area (Å²) in [4.78, 5) is 17.2. The summed E-state index contributed by atoms with van der Waals surface area (Å²) in [6.45, 7) is 5.74. The van der Waals surface area contributed by atoms with Crippen LogP contribution in [0.25, 0.3) is 0 Å². The molecule has 166 valence electrons. The van der Waals surface area contributed by atoms with Crippen LogP contribution in [-0.2, 0) is 9.53 Å². The number of halogens is 1. The van der Waals surface area contributed by atoms with Gasteiger partial charge in [0, 0.05) is 44.0 Å². The van der Waals surface area contributed by atoms with E-state index in [1.54, 1.807) is 7.11 Å². The first kappa shape index (κ1) is 21.9. The molecule has 1 atom stereocenters. The van der Waals surface area contributed by atoms with Crippen LogP contribution < -0.4 is 20.3 Å². The van der Waals surface area contributed by atoms with E-state index in [0.29, 0.717) is 30.5 Å². The molecule has 2 saturated heterocycles. The minimum absolute atomic E-state index is 0.0583. The number of morpholine rings is 1. The maximum atomic E-state index is 12.8. The fraction of sp³-hybridized carbons (Fsp3) is 0.435. The molecule has 2 heterocycles. The predicted molar refractivity (Wildman–Crippen MR) is 123 cm³/mol. The molecule has 31 heavy (non-hydrogen) atoms. The lowest BCUT2D eigenvalue weighted by atomic mass is 10.0. The molecule has 7 nitrogen and oxygen atoms in total. The molecule has 2 aliphatic heterocycles. The van der Waals surface area contributed by atoms with Crippen molar-refractivity contribution in [2.45, 2.75) is 6.04 Å². The van der Waals surface area contributed by atoms with Crippen molar-refractivity contribution in [1.29, 1.82) is 0 Å². The number of methoxy groups -OCH3 is 1. The lowest BCUT2D eigenvalue weighted by molar-refractivity contribution is -0.118. The molecule has 2 N–H and O–H groups in total. The molecule has 0 spiro atoms. The minimum Gasteiger partial charge on any atom is -0.496 e. The number of anilines is 2. The number of hydrogen-bond donors (Lipinski definition) is 2. The number of rotatable bonds is 6. The van der Waals surface area contributed by atoms with Crippen molar-refractivity contribution in [3.63, 3.8) is 0 Å². The van der Waals surface area contributed by atoms with Crippen LogP contribution >= 0.6 is 11.6 Å². The quantitative estimate of drug-likeness (QED) is 0.714. The average Bonchev–Trinajstić information content (AvgIpc) is 2.80. The highest BCUT2D eigenvalue weighted by molar-refractivity contribution is 6.33. The Kier molecular flexibility index (Phi) is 7.29. The normalized spacial score (nSPS) is 19.8. The van der Waals surface area contributed by atoms with Gasteiger partial charge in [-0.25, -0.2) is 0 Å². The summed E-state index contributed by atoms with van der Waals surface area (Å²) < 4.78 is 10.9. The zero-order valence-electron chi connectivity index (χ0n) is 17.8. The summed E-state index contributed by atoms with van der Waals surface area (Å²) in [6.07, 6.45) is 0. The lowest BCUT2D eigenvalue weighted by Crippen LogP contribution is -2.48. The van der Waals surface area contributed by atoms with Crippen LogP contribution in [0, 0.1) is 0 Å². The highest BCUT2D eigenvalue weighted by atomic mass is 35.5. The monoisotopic (exact) mass is 444 g/mol. The van der Waals surface area contributed by atoms with Gasteiger partial charge in [-0.05, 0) is 24.3 Å². The smallest absolute Gasteiger partial charge is 0.238 e. The van der Waals surface area contributed by atoms with Crippen molar-refractivity contribution in [3.05, 3.63) is 53.1 Å². The largest absolute Gasteiger partial charge is 0.496 e. The van der Waals surface area contributed by atoms with Gasteiger partial charge in [-0.15, -0.1) is 0 Å². The lowest BCUT2D eigenvalue weighted by Gasteiger charge is -2.36. The highest BCUT2D eigenvalue weighted by Gasteiger charge is 2.27. The fourth-order valence-corrected chi connectivity index (χ4v) is 4.51. The Morgan fingerprint density at radius 3 is 2.81 bits per heavy atom. The molecule has 0 radical (unpaired) electrons. The van der Waals surface area contributed by atoms with Crippen molar-refractivity contribution >= 4 is 28.9 Å². The first-order valence-corrected chi connectivity index (χ1v) is 11.0. The van der Waals surface area contributed by atoms with Gasteiger partial charge in [-0.2, -0.15) is 0 Å². The van der Waals surface area contributed by atoms with Crippen molar-refractivity contribution in [3.8, 4) is 5.75 Å². The second-order valence-electron chi connectivity index (χ2n) is 7.75. The Hall–Kier alpha value is -2.32. The SMILES string of the molecule is COc1ccccc1[C@@H]1CNCCN1CC(=O)Nc1ccc(N2CCOCC2)c(Cl)c1. The van der Waals surface area contributed by atoms with Gasteiger partial charge in [0.1, 0.15) is 5.75 Å². The second kappa shape index (κ2) is 10.3. The van der Waals surface area contributed by atoms with Gasteiger partial charge in [0.25, 0.3) is 0 Å². The van der Waals surface area contributed by atoms with Gasteiger partial charge < -0.3 is 25.0 Å². The maximum absolute atomic E-state index is 12.8. The third-order valence-electron chi connectivity index (χ3n) is 5.78. The van der Waals surface area contributed by atoms with Crippen molar-refractivity contribution in [2.75, 3.05) is 69.8 Å². The van der Waals surface area contributed by atoms with E-state index in [9.17, 15) is 4.79 Å². The molecule has 2 fully saturated rings. The molecule has 0 aromatic heterocycles. The first-order chi connectivity index (χ1) is 15.2. The average molecular weight is 445 g/mol. The fourth-order valence-electron chi connectivity index (χ4n) is 4.21. The van der Waals surface area contributed by atoms with Crippen LogP contribution in [0.4, 0.5) is 11.4 Å². The van der Waals surface area contributed by atoms with Crippen LogP contribution in [0.15, 0.2) is 42.5 Å². The van der Waals surface area contributed by atoms with Gasteiger partial charge in [0.15, 0.2) is 0 Å². The van der Waals surface area contributed by atoms with Gasteiger partial charge in [-0.1, -0.05) is 29.8 Å². The molecule has 8 heteroatoms. The molecular weight excluding hydrogens is 416 g/mol. The Morgan fingerprint density at radius 2 is 2.03 bits per heavy atom. The third kappa shape index (κ3) is 5.30. The number of nitrogens with one attached hydrogen (secondary N) is 2. The predicted octanol–water partition coefficient (Wildman–Crippen LogP) is 2.77. The van der Waals surface area contributed by atoms with Gasteiger partial charge >= 0.3 is 0 Å². The van der Waals surface area contributed by atoms with E-state index in [0.717, 1.165) is 49.7 Å². The van der Waals surface area contributed by atoms with Crippen molar-refractivity contribution < 1.29 is 14.3 Å². The summed E-state index contributed by atoms with van der Waals surface area (Å²) in [5.41, 5.74) is 2.76. The number of para-hydroxylation sites is 1. The topological polar surface area (TPSA) is 66.1 Å². The van der Waals surface area contributed by atoms with Gasteiger partial charge in [0.2, 0.25) is 5.91 Å². The summed E-state index contributed by atoms with van der Waals surface area (Å²) in [5, 5.41) is 7.06. The Morgan fingerprint density at radius 1 is 1.23 bits per heavy atom. The molecule has 0 unspecified atom stereocenters. The number of ether oxygens (including phenoxy) is 2. The van der Waals surface area contributed by atoms with Crippen LogP contribution in [0.1, 0.15) is 11.6 Å². The van der Waals surface area contributed by atoms with Crippen LogP contribution in [0.2, 0.25) is 5.02 Å². The minimum atomic E-state index is -0.0583. The molecule has 2 aromatic rings. The molecule has 0 aliphatic carbocycles. The zero-order chi connectivity index (χ0) is 21.6. The number of carbonyl (C=O) groups excluding carboxylic acids is 1. The summed E-state index contributed by atoms with van der Waals surface area (Å²) >= 11 is 6.51. The number of hydrogen-bond acceptors (Lipinski definition) is 6. The van der Waals surface area contributed by atoms with E-state index >= 15 is 0 Å². The summed E-state index contributed by atoms with van der Waals surface area (Å²) in [6, 6.07) is 13.7. The molecule has 2 aliphatic rings. The van der Waals surface area contributed by atoms with Crippen LogP contribution in [0.5, 0.6) is 5.75 Å². The molecule has 1 amide bonds. The van der Waals surface area contributed by atoms with Crippen LogP contribution in [0.3, 0.4) is 0 Å². The number of piperazine rings is 1. The van der Waals surface area contributed by atoms with E-state index in [-0.39, 0.29) is 11.9 Å². The van der Waals surface area contributed by atoms with Gasteiger partial charge in [0.05, 0.1) is 43.6 Å². The zero-order valence-corrected chi connectivity index (χ0v) is 18.5. The number of carbonyl (C=O) groups is 1. The van der Waals surface area contributed by atoms with E-state index in [2.05, 4.69) is 26.5 Å². The molecule has 0 saturated carbocycles. The molecular formula is C23H29ClN4O3. The summed E-state index contributed by atoms with van der Waals surface area (Å²) in [7, 11) is 1.68. The number of benzene rings is 2. The number of nitrogens with zero attached hydrogens (tertiary/aromatic N) is 2. The number of amides is 1. The Bertz CT molecular complexity index is 904. The highest BCUT2D eigenvalue weighted by Crippen LogP contribution is 2.31. The van der Waals surface area contributed by atoms with E-state index < -0.39 is 0 Å². The first-order valence-electron chi connectivity index (χ1n) is 10.7. The Labute approximate surface area is 188 Å². The van der Waals surface area contributed by atoms with Crippen LogP contribution in [-0.4, -0.2) is 70.4 Å². The Balaban J connectivity index is 1.42. The molecule has 2 aromatic carbocycles. The van der Waals surface area contributed by atoms with Crippen molar-refractivity contribution in [1.82, 2.24) is 10.2 Å². The second-order valence-corrected chi connectivity index (χ2v) is 8.15. The van der Waals surface area contributed by atoms with Crippen molar-refractivity contribution in [2.24, 2.45) is 0 Å². The summed E-state index contributed by atoms with van der Waals surface area (Å²) in [5.74, 6) is 0.782.